The molecule has 4 aromatic rings. The summed E-state index contributed by atoms with van der Waals surface area (Å²) in [4.78, 5) is 37.6. The van der Waals surface area contributed by atoms with E-state index in [-0.39, 0.29) is 26.2 Å². The molecule has 0 N–H and O–H groups in total. The van der Waals surface area contributed by atoms with E-state index in [1.54, 1.807) is 41.5 Å². The predicted octanol–water partition coefficient (Wildman–Crippen LogP) is 8.91. The first-order valence-electron chi connectivity index (χ1n) is 16.5. The zero-order chi connectivity index (χ0) is 34.2. The lowest BCUT2D eigenvalue weighted by atomic mass is 9.89. The number of allylic oxidation sites excluding steroid dienone is 1. The number of amides is 2. The maximum Gasteiger partial charge on any atom is 0.532 e. The van der Waals surface area contributed by atoms with E-state index in [9.17, 15) is 9.59 Å². The standard InChI is InChI=1S/C39H44N3O6/c1-37(2,3)47-35(43)42(36(44)48-38(4,5)6)23-11-14-29-24-39(22-21-34(29)42,45-25-30-19-17-27-12-7-9-15-32(27)40-30)46-26-31-20-18-28-13-8-10-16-33(28)41-31/h7-10,12-13,15-21,24H,11,14,22-23,25-26H2,1-6H3/q+1. The van der Waals surface area contributed by atoms with Crippen LogP contribution in [0, 0.1) is 0 Å². The Morgan fingerprint density at radius 2 is 1.23 bits per heavy atom. The van der Waals surface area contributed by atoms with Crippen molar-refractivity contribution in [2.75, 3.05) is 6.54 Å². The molecule has 6 rings (SSSR count). The van der Waals surface area contributed by atoms with Crippen LogP contribution in [-0.4, -0.2) is 50.2 Å². The van der Waals surface area contributed by atoms with Gasteiger partial charge in [0.25, 0.3) is 0 Å². The van der Waals surface area contributed by atoms with Gasteiger partial charge < -0.3 is 18.9 Å². The van der Waals surface area contributed by atoms with Crippen molar-refractivity contribution >= 4 is 34.0 Å². The molecule has 48 heavy (non-hydrogen) atoms. The normalized spacial score (nSPS) is 17.3. The number of carbonyl (C=O) groups is 2. The molecular formula is C39H44N3O6+. The fourth-order valence-corrected chi connectivity index (χ4v) is 6.14. The second-order valence-corrected chi connectivity index (χ2v) is 14.4. The number of likely N-dealkylation sites (tertiary alicyclic amines) is 1. The lowest BCUT2D eigenvalue weighted by Crippen LogP contribution is -2.61. The molecule has 2 aromatic carbocycles. The number of hydrogen-bond acceptors (Lipinski definition) is 8. The van der Waals surface area contributed by atoms with Crippen molar-refractivity contribution in [2.24, 2.45) is 0 Å². The van der Waals surface area contributed by atoms with E-state index in [0.717, 1.165) is 38.8 Å². The Labute approximate surface area is 281 Å². The number of pyridine rings is 2. The third-order valence-electron chi connectivity index (χ3n) is 8.31. The number of benzene rings is 2. The van der Waals surface area contributed by atoms with Crippen LogP contribution in [0.5, 0.6) is 0 Å². The molecule has 0 atom stereocenters. The van der Waals surface area contributed by atoms with Crippen molar-refractivity contribution in [2.45, 2.75) is 91.0 Å². The average Bonchev–Trinajstić information content (AvgIpc) is 3.04. The molecule has 1 saturated heterocycles. The first-order chi connectivity index (χ1) is 22.8. The Hall–Kier alpha value is -4.44. The van der Waals surface area contributed by atoms with E-state index in [0.29, 0.717) is 18.5 Å². The van der Waals surface area contributed by atoms with Crippen LogP contribution in [0.2, 0.25) is 0 Å². The maximum absolute atomic E-state index is 14.0. The molecule has 0 unspecified atom stereocenters. The smallest absolute Gasteiger partial charge is 0.414 e. The number of piperidine rings is 1. The Bertz CT molecular complexity index is 1810. The third-order valence-corrected chi connectivity index (χ3v) is 8.31. The minimum absolute atomic E-state index is 0.182. The largest absolute Gasteiger partial charge is 0.532 e. The van der Waals surface area contributed by atoms with Gasteiger partial charge in [0.15, 0.2) is 11.5 Å². The lowest BCUT2D eigenvalue weighted by Gasteiger charge is -2.42. The Kier molecular flexibility index (Phi) is 8.98. The van der Waals surface area contributed by atoms with E-state index < -0.39 is 33.7 Å². The molecule has 1 fully saturated rings. The number of carbonyl (C=O) groups excluding carboxylic acids is 2. The van der Waals surface area contributed by atoms with E-state index in [2.05, 4.69) is 0 Å². The van der Waals surface area contributed by atoms with Crippen molar-refractivity contribution in [1.82, 2.24) is 9.97 Å². The van der Waals surface area contributed by atoms with Crippen molar-refractivity contribution in [1.29, 1.82) is 0 Å². The number of imide groups is 1. The molecule has 2 amide bonds. The molecule has 2 aromatic heterocycles. The molecule has 0 spiro atoms. The summed E-state index contributed by atoms with van der Waals surface area (Å²) in [5.74, 6) is -1.21. The van der Waals surface area contributed by atoms with Crippen LogP contribution < -0.4 is 0 Å². The second-order valence-electron chi connectivity index (χ2n) is 14.4. The molecule has 9 nitrogen and oxygen atoms in total. The van der Waals surface area contributed by atoms with Crippen LogP contribution >= 0.6 is 0 Å². The molecule has 3 heterocycles. The molecule has 0 saturated carbocycles. The van der Waals surface area contributed by atoms with Crippen molar-refractivity contribution < 1.29 is 33.0 Å². The number of aromatic nitrogens is 2. The summed E-state index contributed by atoms with van der Waals surface area (Å²) in [6.07, 6.45) is 3.88. The van der Waals surface area contributed by atoms with Gasteiger partial charge >= 0.3 is 12.2 Å². The fraction of sp³-hybridized carbons (Fsp3) is 0.385. The molecule has 1 aliphatic heterocycles. The van der Waals surface area contributed by atoms with Gasteiger partial charge in [-0.25, -0.2) is 0 Å². The van der Waals surface area contributed by atoms with E-state index in [1.165, 1.54) is 0 Å². The highest BCUT2D eigenvalue weighted by Crippen LogP contribution is 2.43. The number of hydrogen-bond donors (Lipinski definition) is 0. The predicted molar refractivity (Wildman–Crippen MR) is 183 cm³/mol. The zero-order valence-electron chi connectivity index (χ0n) is 28.6. The van der Waals surface area contributed by atoms with Gasteiger partial charge in [0.2, 0.25) is 0 Å². The number of ether oxygens (including phenoxy) is 4. The molecule has 1 aliphatic carbocycles. The number of para-hydroxylation sites is 2. The van der Waals surface area contributed by atoms with Gasteiger partial charge in [-0.15, -0.1) is 0 Å². The second kappa shape index (κ2) is 12.9. The summed E-state index contributed by atoms with van der Waals surface area (Å²) < 4.78 is 24.4. The minimum atomic E-state index is -1.21. The van der Waals surface area contributed by atoms with Gasteiger partial charge in [-0.1, -0.05) is 53.0 Å². The van der Waals surface area contributed by atoms with Gasteiger partial charge in [0, 0.05) is 29.2 Å². The summed E-state index contributed by atoms with van der Waals surface area (Å²) in [5, 5.41) is 2.09. The summed E-state index contributed by atoms with van der Waals surface area (Å²) in [7, 11) is 0. The van der Waals surface area contributed by atoms with Gasteiger partial charge in [0.1, 0.15) is 17.7 Å². The van der Waals surface area contributed by atoms with Crippen molar-refractivity contribution in [3.8, 4) is 0 Å². The summed E-state index contributed by atoms with van der Waals surface area (Å²) in [6, 6.07) is 23.8. The highest BCUT2D eigenvalue weighted by molar-refractivity contribution is 5.80. The summed E-state index contributed by atoms with van der Waals surface area (Å²) in [5.41, 5.74) is 2.97. The fourth-order valence-electron chi connectivity index (χ4n) is 6.14. The van der Waals surface area contributed by atoms with Gasteiger partial charge in [0.05, 0.1) is 35.6 Å². The monoisotopic (exact) mass is 650 g/mol. The summed E-state index contributed by atoms with van der Waals surface area (Å²) >= 11 is 0. The highest BCUT2D eigenvalue weighted by Gasteiger charge is 2.58. The van der Waals surface area contributed by atoms with Crippen LogP contribution in [0.15, 0.2) is 96.2 Å². The van der Waals surface area contributed by atoms with Crippen molar-refractivity contribution in [3.05, 3.63) is 108 Å². The van der Waals surface area contributed by atoms with Gasteiger partial charge in [-0.05, 0) is 84.4 Å². The molecular weight excluding hydrogens is 606 g/mol. The topological polar surface area (TPSA) is 96.8 Å². The van der Waals surface area contributed by atoms with Crippen LogP contribution in [0.3, 0.4) is 0 Å². The van der Waals surface area contributed by atoms with Crippen molar-refractivity contribution in [3.63, 3.8) is 0 Å². The van der Waals surface area contributed by atoms with Gasteiger partial charge in [-0.3, -0.25) is 9.97 Å². The molecule has 0 radical (unpaired) electrons. The molecule has 0 bridgehead atoms. The van der Waals surface area contributed by atoms with Gasteiger partial charge in [-0.2, -0.15) is 9.59 Å². The molecule has 9 heteroatoms. The third kappa shape index (κ3) is 7.18. The zero-order valence-corrected chi connectivity index (χ0v) is 28.6. The average molecular weight is 651 g/mol. The number of rotatable bonds is 6. The Morgan fingerprint density at radius 1 is 0.729 bits per heavy atom. The van der Waals surface area contributed by atoms with E-state index in [1.807, 2.05) is 84.9 Å². The first kappa shape index (κ1) is 33.5. The number of fused-ring (bicyclic) bond motifs is 3. The van der Waals surface area contributed by atoms with Crippen LogP contribution in [-0.2, 0) is 32.2 Å². The van der Waals surface area contributed by atoms with E-state index in [4.69, 9.17) is 28.9 Å². The lowest BCUT2D eigenvalue weighted by molar-refractivity contribution is -0.750. The van der Waals surface area contributed by atoms with Crippen LogP contribution in [0.25, 0.3) is 21.8 Å². The molecule has 2 aliphatic rings. The quantitative estimate of drug-likeness (QED) is 0.151. The number of nitrogens with zero attached hydrogens (tertiary/aromatic N) is 3. The maximum atomic E-state index is 14.0. The minimum Gasteiger partial charge on any atom is -0.414 e. The van der Waals surface area contributed by atoms with Crippen LogP contribution in [0.4, 0.5) is 9.59 Å². The first-order valence-corrected chi connectivity index (χ1v) is 16.5. The number of quaternary nitrogens is 1. The summed E-state index contributed by atoms with van der Waals surface area (Å²) in [6.45, 7) is 11.3. The molecule has 250 valence electrons. The SMILES string of the molecule is CC(C)(C)OC(=O)[N+]1(C(=O)OC(C)(C)C)CCCC2=CC(OCc3ccc4ccccc4n3)(OCc3ccc4ccccc4n3)CC=C21. The Morgan fingerprint density at radius 3 is 1.73 bits per heavy atom. The van der Waals surface area contributed by atoms with Crippen LogP contribution in [0.1, 0.15) is 72.2 Å². The highest BCUT2D eigenvalue weighted by atomic mass is 16.7. The van der Waals surface area contributed by atoms with E-state index >= 15 is 0 Å². The Balaban J connectivity index is 1.36.